The lowest BCUT2D eigenvalue weighted by molar-refractivity contribution is 0.0770. The molecule has 3 nitrogen and oxygen atoms in total. The minimum Gasteiger partial charge on any atom is -0.379 e. The average Bonchev–Trinajstić information content (AvgIpc) is 2.98. The molecule has 0 radical (unpaired) electrons. The normalized spacial score (nSPS) is 11.2. The van der Waals surface area contributed by atoms with Gasteiger partial charge in [0, 0.05) is 46.8 Å². The number of nitrogens with zero attached hydrogens (tertiary/aromatic N) is 1. The van der Waals surface area contributed by atoms with E-state index >= 15 is 0 Å². The predicted octanol–water partition coefficient (Wildman–Crippen LogP) is 6.32. The number of benzene rings is 2. The fourth-order valence-corrected chi connectivity index (χ4v) is 3.64. The van der Waals surface area contributed by atoms with Crippen molar-refractivity contribution in [1.29, 1.82) is 0 Å². The largest absolute Gasteiger partial charge is 0.379 e. The van der Waals surface area contributed by atoms with Gasteiger partial charge in [-0.25, -0.2) is 0 Å². The lowest BCUT2D eigenvalue weighted by atomic mass is 10.2. The number of para-hydroxylation sites is 1. The first kappa shape index (κ1) is 23.1. The molecule has 0 atom stereocenters. The first-order valence-corrected chi connectivity index (χ1v) is 10.1. The lowest BCUT2D eigenvalue weighted by Crippen LogP contribution is -2.17. The minimum atomic E-state index is 0. The van der Waals surface area contributed by atoms with Crippen molar-refractivity contribution in [3.8, 4) is 0 Å². The fourth-order valence-electron chi connectivity index (χ4n) is 3.17. The van der Waals surface area contributed by atoms with Crippen LogP contribution in [0.2, 0.25) is 10.0 Å². The smallest absolute Gasteiger partial charge is 0.0518 e. The van der Waals surface area contributed by atoms with Gasteiger partial charge in [-0.3, -0.25) is 0 Å². The molecule has 2 aromatic carbocycles. The summed E-state index contributed by atoms with van der Waals surface area (Å²) in [4.78, 5) is 0. The Balaban J connectivity index is 0.00000280. The van der Waals surface area contributed by atoms with Crippen molar-refractivity contribution in [3.05, 3.63) is 69.8 Å². The monoisotopic (exact) mass is 440 g/mol. The van der Waals surface area contributed by atoms with Crippen molar-refractivity contribution in [3.63, 3.8) is 0 Å². The van der Waals surface area contributed by atoms with Crippen molar-refractivity contribution in [2.24, 2.45) is 0 Å². The summed E-state index contributed by atoms with van der Waals surface area (Å²) < 4.78 is 7.84. The van der Waals surface area contributed by atoms with E-state index in [4.69, 9.17) is 27.9 Å². The molecule has 1 aromatic heterocycles. The van der Waals surface area contributed by atoms with E-state index in [-0.39, 0.29) is 12.4 Å². The van der Waals surface area contributed by atoms with E-state index in [1.54, 1.807) is 6.07 Å². The lowest BCUT2D eigenvalue weighted by Gasteiger charge is -2.08. The van der Waals surface area contributed by atoms with E-state index in [0.29, 0.717) is 16.1 Å². The number of nitrogens with one attached hydrogen (secondary N) is 1. The molecule has 3 aromatic rings. The molecule has 152 valence electrons. The van der Waals surface area contributed by atoms with Crippen LogP contribution < -0.4 is 5.32 Å². The molecule has 3 rings (SSSR count). The first-order valence-electron chi connectivity index (χ1n) is 9.37. The summed E-state index contributed by atoms with van der Waals surface area (Å²) in [6.45, 7) is 7.42. The van der Waals surface area contributed by atoms with Gasteiger partial charge < -0.3 is 14.6 Å². The van der Waals surface area contributed by atoms with Gasteiger partial charge in [0.25, 0.3) is 0 Å². The Labute approximate surface area is 183 Å². The summed E-state index contributed by atoms with van der Waals surface area (Å²) in [5.41, 5.74) is 3.57. The molecule has 0 aliphatic heterocycles. The third-order valence-corrected chi connectivity index (χ3v) is 5.08. The highest BCUT2D eigenvalue weighted by Crippen LogP contribution is 2.26. The van der Waals surface area contributed by atoms with Crippen molar-refractivity contribution in [2.75, 3.05) is 13.2 Å². The molecule has 0 aliphatic carbocycles. The fraction of sp³-hybridized carbons (Fsp3) is 0.364. The summed E-state index contributed by atoms with van der Waals surface area (Å²) in [5.74, 6) is 0. The van der Waals surface area contributed by atoms with E-state index in [1.165, 1.54) is 16.5 Å². The topological polar surface area (TPSA) is 26.2 Å². The number of aromatic nitrogens is 1. The molecule has 1 heterocycles. The van der Waals surface area contributed by atoms with Crippen LogP contribution in [0.25, 0.3) is 10.9 Å². The van der Waals surface area contributed by atoms with Gasteiger partial charge in [0.1, 0.15) is 0 Å². The van der Waals surface area contributed by atoms with Gasteiger partial charge in [-0.1, -0.05) is 47.5 Å². The Bertz CT molecular complexity index is 893. The van der Waals surface area contributed by atoms with Crippen LogP contribution in [0, 0.1) is 0 Å². The SMILES string of the molecule is CC(C)OCCCNCc1cn(Cc2ccc(Cl)cc2Cl)c2ccccc12.Cl. The van der Waals surface area contributed by atoms with Crippen LogP contribution in [0.4, 0.5) is 0 Å². The molecule has 0 unspecified atom stereocenters. The molecule has 0 spiro atoms. The summed E-state index contributed by atoms with van der Waals surface area (Å²) >= 11 is 12.4. The second-order valence-corrected chi connectivity index (χ2v) is 7.83. The van der Waals surface area contributed by atoms with Gasteiger partial charge in [0.2, 0.25) is 0 Å². The Kier molecular flexibility index (Phi) is 9.13. The van der Waals surface area contributed by atoms with Crippen LogP contribution in [0.1, 0.15) is 31.4 Å². The predicted molar refractivity (Wildman–Crippen MR) is 122 cm³/mol. The van der Waals surface area contributed by atoms with Crippen molar-refractivity contribution < 1.29 is 4.74 Å². The minimum absolute atomic E-state index is 0. The number of ether oxygens (including phenoxy) is 1. The maximum atomic E-state index is 6.37. The van der Waals surface area contributed by atoms with Crippen molar-refractivity contribution in [1.82, 2.24) is 9.88 Å². The molecule has 28 heavy (non-hydrogen) atoms. The van der Waals surface area contributed by atoms with Gasteiger partial charge in [-0.05, 0) is 56.1 Å². The number of fused-ring (bicyclic) bond motifs is 1. The Morgan fingerprint density at radius 2 is 1.86 bits per heavy atom. The number of rotatable bonds is 9. The van der Waals surface area contributed by atoms with Crippen LogP contribution in [-0.4, -0.2) is 23.8 Å². The molecule has 0 bridgehead atoms. The third-order valence-electron chi connectivity index (χ3n) is 4.49. The Morgan fingerprint density at radius 3 is 2.61 bits per heavy atom. The molecule has 1 N–H and O–H groups in total. The van der Waals surface area contributed by atoms with Crippen LogP contribution in [0.3, 0.4) is 0 Å². The van der Waals surface area contributed by atoms with Crippen LogP contribution in [0.5, 0.6) is 0 Å². The zero-order valence-corrected chi connectivity index (χ0v) is 18.6. The summed E-state index contributed by atoms with van der Waals surface area (Å²) in [6.07, 6.45) is 3.52. The number of hydrogen-bond donors (Lipinski definition) is 1. The highest BCUT2D eigenvalue weighted by Gasteiger charge is 2.10. The molecular formula is C22H27Cl3N2O. The summed E-state index contributed by atoms with van der Waals surface area (Å²) in [6, 6.07) is 14.2. The van der Waals surface area contributed by atoms with E-state index in [2.05, 4.69) is 54.2 Å². The molecular weight excluding hydrogens is 415 g/mol. The molecule has 6 heteroatoms. The Morgan fingerprint density at radius 1 is 1.07 bits per heavy atom. The zero-order valence-electron chi connectivity index (χ0n) is 16.3. The van der Waals surface area contributed by atoms with Gasteiger partial charge in [0.15, 0.2) is 0 Å². The molecule has 0 saturated carbocycles. The quantitative estimate of drug-likeness (QED) is 0.393. The van der Waals surface area contributed by atoms with Gasteiger partial charge in [-0.15, -0.1) is 12.4 Å². The summed E-state index contributed by atoms with van der Waals surface area (Å²) in [5, 5.41) is 6.16. The van der Waals surface area contributed by atoms with E-state index < -0.39 is 0 Å². The molecule has 0 saturated heterocycles. The van der Waals surface area contributed by atoms with E-state index in [0.717, 1.165) is 38.2 Å². The van der Waals surface area contributed by atoms with Crippen LogP contribution >= 0.6 is 35.6 Å². The Hall–Kier alpha value is -1.23. The van der Waals surface area contributed by atoms with Crippen molar-refractivity contribution in [2.45, 2.75) is 39.5 Å². The highest BCUT2D eigenvalue weighted by atomic mass is 35.5. The number of hydrogen-bond acceptors (Lipinski definition) is 2. The van der Waals surface area contributed by atoms with Gasteiger partial charge in [-0.2, -0.15) is 0 Å². The standard InChI is InChI=1S/C22H26Cl2N2O.ClH/c1-16(2)27-11-5-10-25-13-18-15-26(22-7-4-3-6-20(18)22)14-17-8-9-19(23)12-21(17)24;/h3-4,6-9,12,15-16,25H,5,10-11,13-14H2,1-2H3;1H. The maximum absolute atomic E-state index is 6.37. The molecule has 0 aliphatic rings. The van der Waals surface area contributed by atoms with Gasteiger partial charge in [0.05, 0.1) is 6.10 Å². The summed E-state index contributed by atoms with van der Waals surface area (Å²) in [7, 11) is 0. The van der Waals surface area contributed by atoms with Crippen LogP contribution in [0.15, 0.2) is 48.7 Å². The molecule has 0 fully saturated rings. The average molecular weight is 442 g/mol. The second-order valence-electron chi connectivity index (χ2n) is 6.98. The second kappa shape index (κ2) is 11.1. The number of halogens is 3. The van der Waals surface area contributed by atoms with E-state index in [1.807, 2.05) is 12.1 Å². The maximum Gasteiger partial charge on any atom is 0.0518 e. The zero-order chi connectivity index (χ0) is 19.2. The van der Waals surface area contributed by atoms with Gasteiger partial charge >= 0.3 is 0 Å². The first-order chi connectivity index (χ1) is 13.0. The molecule has 0 amide bonds. The van der Waals surface area contributed by atoms with Crippen LogP contribution in [-0.2, 0) is 17.8 Å². The van der Waals surface area contributed by atoms with E-state index in [9.17, 15) is 0 Å². The third kappa shape index (κ3) is 6.13. The van der Waals surface area contributed by atoms with Crippen molar-refractivity contribution >= 4 is 46.5 Å². The highest BCUT2D eigenvalue weighted by molar-refractivity contribution is 6.35.